The van der Waals surface area contributed by atoms with Crippen molar-refractivity contribution in [2.75, 3.05) is 11.9 Å². The van der Waals surface area contributed by atoms with Crippen molar-refractivity contribution in [1.82, 2.24) is 0 Å². The first-order valence-corrected chi connectivity index (χ1v) is 6.46. The highest BCUT2D eigenvalue weighted by molar-refractivity contribution is 5.63. The molecule has 0 heterocycles. The number of aryl methyl sites for hydroxylation is 1. The van der Waals surface area contributed by atoms with Crippen LogP contribution in [0, 0.1) is 5.82 Å². The molecule has 0 saturated heterocycles. The van der Waals surface area contributed by atoms with Crippen LogP contribution < -0.4 is 10.6 Å². The molecule has 0 fully saturated rings. The molecule has 2 N–H and O–H groups in total. The van der Waals surface area contributed by atoms with Crippen LogP contribution in [0.1, 0.15) is 18.1 Å². The van der Waals surface area contributed by atoms with Gasteiger partial charge in [0.25, 0.3) is 0 Å². The van der Waals surface area contributed by atoms with E-state index in [9.17, 15) is 4.39 Å². The Morgan fingerprint density at radius 1 is 1.00 bits per heavy atom. The summed E-state index contributed by atoms with van der Waals surface area (Å²) in [6, 6.07) is 13.2. The van der Waals surface area contributed by atoms with E-state index in [1.165, 1.54) is 17.7 Å². The Bertz CT molecular complexity index is 549. The van der Waals surface area contributed by atoms with Gasteiger partial charge < -0.3 is 10.6 Å². The van der Waals surface area contributed by atoms with Gasteiger partial charge in [0.15, 0.2) is 0 Å². The first kappa shape index (κ1) is 13.6. The second kappa shape index (κ2) is 5.85. The lowest BCUT2D eigenvalue weighted by molar-refractivity contribution is 0.625. The van der Waals surface area contributed by atoms with Gasteiger partial charge in [-0.1, -0.05) is 19.1 Å². The normalized spacial score (nSPS) is 10.5. The lowest BCUT2D eigenvalue weighted by atomic mass is 10.1. The number of benzene rings is 2. The number of nitrogens with zero attached hydrogens (tertiary/aromatic N) is 1. The molecule has 0 aliphatic carbocycles. The van der Waals surface area contributed by atoms with Crippen molar-refractivity contribution in [3.63, 3.8) is 0 Å². The fraction of sp³-hybridized carbons (Fsp3) is 0.250. The van der Waals surface area contributed by atoms with Gasteiger partial charge in [0.2, 0.25) is 0 Å². The lowest BCUT2D eigenvalue weighted by Gasteiger charge is -2.20. The molecular weight excluding hydrogens is 239 g/mol. The van der Waals surface area contributed by atoms with Crippen LogP contribution in [0.5, 0.6) is 0 Å². The van der Waals surface area contributed by atoms with Gasteiger partial charge in [0.05, 0.1) is 0 Å². The first-order chi connectivity index (χ1) is 9.13. The predicted molar refractivity (Wildman–Crippen MR) is 78.2 cm³/mol. The summed E-state index contributed by atoms with van der Waals surface area (Å²) in [6.45, 7) is 2.46. The SMILES string of the molecule is CCc1ccc(N(C)c2cc(F)cc(CN)c2)cc1. The third-order valence-corrected chi connectivity index (χ3v) is 3.30. The number of halogens is 1. The highest BCUT2D eigenvalue weighted by Crippen LogP contribution is 2.25. The van der Waals surface area contributed by atoms with Crippen LogP contribution in [0.15, 0.2) is 42.5 Å². The van der Waals surface area contributed by atoms with Gasteiger partial charge in [-0.05, 0) is 47.9 Å². The summed E-state index contributed by atoms with van der Waals surface area (Å²) in [4.78, 5) is 1.96. The average molecular weight is 258 g/mol. The molecule has 0 atom stereocenters. The number of rotatable bonds is 4. The van der Waals surface area contributed by atoms with E-state index in [1.54, 1.807) is 0 Å². The molecule has 2 aromatic carbocycles. The third kappa shape index (κ3) is 3.12. The Labute approximate surface area is 113 Å². The smallest absolute Gasteiger partial charge is 0.125 e. The third-order valence-electron chi connectivity index (χ3n) is 3.30. The summed E-state index contributed by atoms with van der Waals surface area (Å²) in [7, 11) is 1.93. The molecule has 100 valence electrons. The molecule has 0 unspecified atom stereocenters. The number of hydrogen-bond donors (Lipinski definition) is 1. The van der Waals surface area contributed by atoms with Crippen LogP contribution in [-0.2, 0) is 13.0 Å². The molecule has 0 bridgehead atoms. The second-order valence-corrected chi connectivity index (χ2v) is 4.60. The number of nitrogens with two attached hydrogens (primary N) is 1. The average Bonchev–Trinajstić information content (AvgIpc) is 2.46. The van der Waals surface area contributed by atoms with E-state index in [0.29, 0.717) is 6.54 Å². The van der Waals surface area contributed by atoms with E-state index < -0.39 is 0 Å². The van der Waals surface area contributed by atoms with Crippen molar-refractivity contribution in [2.45, 2.75) is 19.9 Å². The molecule has 0 saturated carbocycles. The predicted octanol–water partition coefficient (Wildman–Crippen LogP) is 3.61. The van der Waals surface area contributed by atoms with Crippen LogP contribution in [0.4, 0.5) is 15.8 Å². The van der Waals surface area contributed by atoms with Crippen LogP contribution in [0.25, 0.3) is 0 Å². The topological polar surface area (TPSA) is 29.3 Å². The summed E-state index contributed by atoms with van der Waals surface area (Å²) in [5.74, 6) is -0.255. The molecule has 2 rings (SSSR count). The highest BCUT2D eigenvalue weighted by Gasteiger charge is 2.07. The Morgan fingerprint density at radius 2 is 1.68 bits per heavy atom. The molecule has 2 aromatic rings. The maximum Gasteiger partial charge on any atom is 0.125 e. The first-order valence-electron chi connectivity index (χ1n) is 6.46. The molecule has 0 aromatic heterocycles. The van der Waals surface area contributed by atoms with Gasteiger partial charge in [-0.25, -0.2) is 4.39 Å². The number of anilines is 2. The van der Waals surface area contributed by atoms with Crippen molar-refractivity contribution in [2.24, 2.45) is 5.73 Å². The zero-order valence-corrected chi connectivity index (χ0v) is 11.4. The minimum absolute atomic E-state index is 0.255. The molecule has 19 heavy (non-hydrogen) atoms. The van der Waals surface area contributed by atoms with Crippen molar-refractivity contribution in [1.29, 1.82) is 0 Å². The Hall–Kier alpha value is -1.87. The number of hydrogen-bond acceptors (Lipinski definition) is 2. The minimum Gasteiger partial charge on any atom is -0.345 e. The van der Waals surface area contributed by atoms with E-state index in [1.807, 2.05) is 30.1 Å². The molecule has 0 aliphatic rings. The lowest BCUT2D eigenvalue weighted by Crippen LogP contribution is -2.10. The molecule has 2 nitrogen and oxygen atoms in total. The summed E-state index contributed by atoms with van der Waals surface area (Å²) in [5.41, 5.74) is 9.51. The van der Waals surface area contributed by atoms with Crippen LogP contribution in [0.2, 0.25) is 0 Å². The Morgan fingerprint density at radius 3 is 2.26 bits per heavy atom. The van der Waals surface area contributed by atoms with Crippen molar-refractivity contribution in [3.05, 3.63) is 59.4 Å². The summed E-state index contributed by atoms with van der Waals surface area (Å²) < 4.78 is 13.5. The quantitative estimate of drug-likeness (QED) is 0.907. The summed E-state index contributed by atoms with van der Waals surface area (Å²) >= 11 is 0. The maximum absolute atomic E-state index is 13.5. The van der Waals surface area contributed by atoms with Gasteiger partial charge in [0.1, 0.15) is 5.82 Å². The van der Waals surface area contributed by atoms with Crippen LogP contribution in [-0.4, -0.2) is 7.05 Å². The fourth-order valence-electron chi connectivity index (χ4n) is 2.05. The van der Waals surface area contributed by atoms with E-state index in [0.717, 1.165) is 23.4 Å². The fourth-order valence-corrected chi connectivity index (χ4v) is 2.05. The van der Waals surface area contributed by atoms with Crippen molar-refractivity contribution in [3.8, 4) is 0 Å². The van der Waals surface area contributed by atoms with Crippen LogP contribution >= 0.6 is 0 Å². The van der Waals surface area contributed by atoms with Crippen molar-refractivity contribution < 1.29 is 4.39 Å². The van der Waals surface area contributed by atoms with Crippen LogP contribution in [0.3, 0.4) is 0 Å². The molecule has 0 radical (unpaired) electrons. The van der Waals surface area contributed by atoms with E-state index in [2.05, 4.69) is 19.1 Å². The Kier molecular flexibility index (Phi) is 4.17. The van der Waals surface area contributed by atoms with Gasteiger partial charge in [-0.15, -0.1) is 0 Å². The van der Waals surface area contributed by atoms with E-state index >= 15 is 0 Å². The monoisotopic (exact) mass is 258 g/mol. The zero-order chi connectivity index (χ0) is 13.8. The zero-order valence-electron chi connectivity index (χ0n) is 11.4. The minimum atomic E-state index is -0.255. The Balaban J connectivity index is 2.31. The van der Waals surface area contributed by atoms with E-state index in [4.69, 9.17) is 5.73 Å². The largest absolute Gasteiger partial charge is 0.345 e. The molecule has 3 heteroatoms. The van der Waals surface area contributed by atoms with Gasteiger partial charge in [-0.3, -0.25) is 0 Å². The van der Waals surface area contributed by atoms with Gasteiger partial charge in [0, 0.05) is 25.0 Å². The highest BCUT2D eigenvalue weighted by atomic mass is 19.1. The standard InChI is InChI=1S/C16H19FN2/c1-3-12-4-6-15(7-5-12)19(2)16-9-13(11-18)8-14(17)10-16/h4-10H,3,11,18H2,1-2H3. The molecule has 0 spiro atoms. The molecule has 0 amide bonds. The maximum atomic E-state index is 13.5. The van der Waals surface area contributed by atoms with Gasteiger partial charge >= 0.3 is 0 Å². The summed E-state index contributed by atoms with van der Waals surface area (Å²) in [6.07, 6.45) is 1.02. The molecule has 0 aliphatic heterocycles. The molecular formula is C16H19FN2. The van der Waals surface area contributed by atoms with E-state index in [-0.39, 0.29) is 5.82 Å². The van der Waals surface area contributed by atoms with Crippen molar-refractivity contribution >= 4 is 11.4 Å². The van der Waals surface area contributed by atoms with Gasteiger partial charge in [-0.2, -0.15) is 0 Å². The second-order valence-electron chi connectivity index (χ2n) is 4.60. The summed E-state index contributed by atoms with van der Waals surface area (Å²) in [5, 5.41) is 0.